The van der Waals surface area contributed by atoms with E-state index in [1.54, 1.807) is 36.4 Å². The average Bonchev–Trinajstić information content (AvgIpc) is 2.74. The molecule has 0 spiro atoms. The summed E-state index contributed by atoms with van der Waals surface area (Å²) in [5.74, 6) is -0.452. The Kier molecular flexibility index (Phi) is 5.93. The molecule has 0 atom stereocenters. The van der Waals surface area contributed by atoms with E-state index in [0.29, 0.717) is 32.9 Å². The first-order valence-corrected chi connectivity index (χ1v) is 10.6. The highest BCUT2D eigenvalue weighted by Gasteiger charge is 2.19. The minimum absolute atomic E-state index is 0.179. The number of pyridine rings is 1. The van der Waals surface area contributed by atoms with Crippen molar-refractivity contribution in [3.05, 3.63) is 88.4 Å². The Balaban J connectivity index is 1.82. The monoisotopic (exact) mass is 443 g/mol. The first-order valence-electron chi connectivity index (χ1n) is 10.2. The molecule has 32 heavy (non-hydrogen) atoms. The number of rotatable bonds is 4. The molecule has 0 aliphatic rings. The highest BCUT2D eigenvalue weighted by molar-refractivity contribution is 6.31. The number of hydrogen-bond donors (Lipinski definition) is 2. The molecule has 2 N–H and O–H groups in total. The average molecular weight is 444 g/mol. The Hall–Kier alpha value is -3.70. The summed E-state index contributed by atoms with van der Waals surface area (Å²) in [7, 11) is 0. The summed E-state index contributed by atoms with van der Waals surface area (Å²) in [5, 5.41) is 6.89. The van der Waals surface area contributed by atoms with Crippen molar-refractivity contribution < 1.29 is 9.59 Å². The van der Waals surface area contributed by atoms with Crippen molar-refractivity contribution in [3.63, 3.8) is 0 Å². The van der Waals surface area contributed by atoms with Crippen LogP contribution in [0.2, 0.25) is 5.02 Å². The number of amides is 2. The van der Waals surface area contributed by atoms with E-state index < -0.39 is 0 Å². The van der Waals surface area contributed by atoms with Crippen molar-refractivity contribution in [2.75, 3.05) is 10.6 Å². The highest BCUT2D eigenvalue weighted by atomic mass is 35.5. The first kappa shape index (κ1) is 21.5. The molecule has 6 heteroatoms. The Morgan fingerprint density at radius 2 is 1.56 bits per heavy atom. The molecule has 4 aromatic rings. The van der Waals surface area contributed by atoms with Crippen molar-refractivity contribution in [1.29, 1.82) is 0 Å². The number of benzene rings is 3. The summed E-state index contributed by atoms with van der Waals surface area (Å²) in [6.45, 7) is 5.36. The first-order chi connectivity index (χ1) is 15.3. The fourth-order valence-electron chi connectivity index (χ4n) is 3.69. The van der Waals surface area contributed by atoms with E-state index in [0.717, 1.165) is 22.4 Å². The Bertz CT molecular complexity index is 1350. The van der Waals surface area contributed by atoms with Gasteiger partial charge in [-0.3, -0.25) is 9.59 Å². The lowest BCUT2D eigenvalue weighted by Crippen LogP contribution is -2.15. The summed E-state index contributed by atoms with van der Waals surface area (Å²) >= 11 is 6.25. The summed E-state index contributed by atoms with van der Waals surface area (Å²) in [4.78, 5) is 29.7. The van der Waals surface area contributed by atoms with Crippen LogP contribution in [0.5, 0.6) is 0 Å². The largest absolute Gasteiger partial charge is 0.326 e. The fourth-order valence-corrected chi connectivity index (χ4v) is 3.86. The topological polar surface area (TPSA) is 71.1 Å². The van der Waals surface area contributed by atoms with Gasteiger partial charge >= 0.3 is 0 Å². The normalized spacial score (nSPS) is 10.8. The third-order valence-electron chi connectivity index (χ3n) is 5.18. The second-order valence-electron chi connectivity index (χ2n) is 7.70. The second kappa shape index (κ2) is 8.81. The van der Waals surface area contributed by atoms with Gasteiger partial charge in [-0.15, -0.1) is 0 Å². The molecule has 1 heterocycles. The Labute approximate surface area is 191 Å². The molecule has 0 saturated carbocycles. The Morgan fingerprint density at radius 1 is 0.875 bits per heavy atom. The van der Waals surface area contributed by atoms with Gasteiger partial charge in [-0.2, -0.15) is 0 Å². The van der Waals surface area contributed by atoms with Crippen molar-refractivity contribution in [2.45, 2.75) is 20.8 Å². The van der Waals surface area contributed by atoms with Crippen LogP contribution < -0.4 is 10.6 Å². The van der Waals surface area contributed by atoms with E-state index >= 15 is 0 Å². The molecule has 0 fully saturated rings. The van der Waals surface area contributed by atoms with Gasteiger partial charge in [0.05, 0.1) is 16.8 Å². The molecule has 4 rings (SSSR count). The molecule has 1 aromatic heterocycles. The Morgan fingerprint density at radius 3 is 2.25 bits per heavy atom. The zero-order valence-electron chi connectivity index (χ0n) is 18.0. The zero-order chi connectivity index (χ0) is 22.8. The van der Waals surface area contributed by atoms with E-state index in [4.69, 9.17) is 16.6 Å². The van der Waals surface area contributed by atoms with E-state index in [2.05, 4.69) is 10.6 Å². The molecule has 0 aliphatic heterocycles. The SMILES string of the molecule is CC(=O)Nc1cccc(NC(=O)c2c(C)c(-c3ccc(C)cc3)nc3ccc(Cl)cc23)c1. The maximum Gasteiger partial charge on any atom is 0.256 e. The molecular formula is C26H22ClN3O2. The van der Waals surface area contributed by atoms with Crippen molar-refractivity contribution in [2.24, 2.45) is 0 Å². The van der Waals surface area contributed by atoms with Gasteiger partial charge in [0, 0.05) is 34.3 Å². The van der Waals surface area contributed by atoms with Crippen LogP contribution in [0.3, 0.4) is 0 Å². The van der Waals surface area contributed by atoms with Crippen molar-refractivity contribution in [1.82, 2.24) is 4.98 Å². The van der Waals surface area contributed by atoms with Crippen LogP contribution in [0.4, 0.5) is 11.4 Å². The third-order valence-corrected chi connectivity index (χ3v) is 5.42. The quantitative estimate of drug-likeness (QED) is 0.384. The third kappa shape index (κ3) is 4.48. The number of aromatic nitrogens is 1. The lowest BCUT2D eigenvalue weighted by molar-refractivity contribution is -0.114. The maximum atomic E-state index is 13.5. The summed E-state index contributed by atoms with van der Waals surface area (Å²) in [6.07, 6.45) is 0. The lowest BCUT2D eigenvalue weighted by atomic mass is 9.96. The molecule has 0 bridgehead atoms. The summed E-state index contributed by atoms with van der Waals surface area (Å²) in [6, 6.07) is 20.4. The number of carbonyl (C=O) groups excluding carboxylic acids is 2. The standard InChI is InChI=1S/C26H22ClN3O2/c1-15-7-9-18(10-8-15)25-16(2)24(22-13-19(27)11-12-23(22)30-25)26(32)29-21-6-4-5-20(14-21)28-17(3)31/h4-14H,1-3H3,(H,28,31)(H,29,32). The molecule has 0 radical (unpaired) electrons. The molecule has 0 saturated heterocycles. The van der Waals surface area contributed by atoms with Gasteiger partial charge in [0.1, 0.15) is 0 Å². The van der Waals surface area contributed by atoms with E-state index in [9.17, 15) is 9.59 Å². The van der Waals surface area contributed by atoms with Crippen molar-refractivity contribution >= 4 is 45.7 Å². The van der Waals surface area contributed by atoms with Gasteiger partial charge < -0.3 is 10.6 Å². The van der Waals surface area contributed by atoms with Crippen LogP contribution in [-0.4, -0.2) is 16.8 Å². The molecule has 0 aliphatic carbocycles. The van der Waals surface area contributed by atoms with Gasteiger partial charge in [-0.1, -0.05) is 47.5 Å². The van der Waals surface area contributed by atoms with E-state index in [-0.39, 0.29) is 11.8 Å². The van der Waals surface area contributed by atoms with Gasteiger partial charge in [0.25, 0.3) is 5.91 Å². The van der Waals surface area contributed by atoms with E-state index in [1.807, 2.05) is 44.2 Å². The van der Waals surface area contributed by atoms with Gasteiger partial charge in [0.2, 0.25) is 5.91 Å². The number of hydrogen-bond acceptors (Lipinski definition) is 3. The predicted molar refractivity (Wildman–Crippen MR) is 130 cm³/mol. The van der Waals surface area contributed by atoms with Gasteiger partial charge in [0.15, 0.2) is 0 Å². The molecule has 160 valence electrons. The molecule has 3 aromatic carbocycles. The van der Waals surface area contributed by atoms with Crippen LogP contribution in [0.15, 0.2) is 66.7 Å². The molecule has 0 unspecified atom stereocenters. The highest BCUT2D eigenvalue weighted by Crippen LogP contribution is 2.32. The predicted octanol–water partition coefficient (Wildman–Crippen LogP) is 6.38. The number of aryl methyl sites for hydroxylation is 1. The minimum atomic E-state index is -0.273. The molecular weight excluding hydrogens is 422 g/mol. The number of fused-ring (bicyclic) bond motifs is 1. The van der Waals surface area contributed by atoms with Crippen molar-refractivity contribution in [3.8, 4) is 11.3 Å². The fraction of sp³-hybridized carbons (Fsp3) is 0.115. The number of nitrogens with zero attached hydrogens (tertiary/aromatic N) is 1. The smallest absolute Gasteiger partial charge is 0.256 e. The summed E-state index contributed by atoms with van der Waals surface area (Å²) in [5.41, 5.74) is 5.98. The van der Waals surface area contributed by atoms with E-state index in [1.165, 1.54) is 6.92 Å². The maximum absolute atomic E-state index is 13.5. The van der Waals surface area contributed by atoms with Crippen LogP contribution in [0.1, 0.15) is 28.4 Å². The summed E-state index contributed by atoms with van der Waals surface area (Å²) < 4.78 is 0. The number of halogens is 1. The van der Waals surface area contributed by atoms with Crippen LogP contribution in [0.25, 0.3) is 22.2 Å². The zero-order valence-corrected chi connectivity index (χ0v) is 18.7. The number of anilines is 2. The lowest BCUT2D eigenvalue weighted by Gasteiger charge is -2.16. The molecule has 5 nitrogen and oxygen atoms in total. The minimum Gasteiger partial charge on any atom is -0.326 e. The molecule has 2 amide bonds. The number of nitrogens with one attached hydrogen (secondary N) is 2. The van der Waals surface area contributed by atoms with Crippen LogP contribution in [-0.2, 0) is 4.79 Å². The number of carbonyl (C=O) groups is 2. The second-order valence-corrected chi connectivity index (χ2v) is 8.14. The van der Waals surface area contributed by atoms with Crippen LogP contribution in [0, 0.1) is 13.8 Å². The van der Waals surface area contributed by atoms with Gasteiger partial charge in [-0.25, -0.2) is 4.98 Å². The van der Waals surface area contributed by atoms with Gasteiger partial charge in [-0.05, 0) is 55.8 Å². The van der Waals surface area contributed by atoms with Crippen LogP contribution >= 0.6 is 11.6 Å².